The Kier molecular flexibility index (Phi) is 5.35. The van der Waals surface area contributed by atoms with Crippen molar-refractivity contribution in [2.75, 3.05) is 20.2 Å². The zero-order chi connectivity index (χ0) is 18.1. The molecule has 2 aliphatic carbocycles. The molecule has 1 aromatic rings. The first-order valence-electron chi connectivity index (χ1n) is 10.4. The molecule has 0 unspecified atom stereocenters. The molecule has 1 aliphatic heterocycles. The highest BCUT2D eigenvalue weighted by Gasteiger charge is 2.35. The summed E-state index contributed by atoms with van der Waals surface area (Å²) in [6.45, 7) is 4.02. The molecular formula is C21H32N2O3. The van der Waals surface area contributed by atoms with Crippen molar-refractivity contribution >= 4 is 5.91 Å². The fourth-order valence-corrected chi connectivity index (χ4v) is 5.13. The summed E-state index contributed by atoms with van der Waals surface area (Å²) in [4.78, 5) is 15.0. The van der Waals surface area contributed by atoms with E-state index in [9.17, 15) is 4.79 Å². The van der Waals surface area contributed by atoms with E-state index in [4.69, 9.17) is 9.26 Å². The molecule has 1 amide bonds. The molecule has 1 saturated carbocycles. The average molecular weight is 360 g/mol. The number of nitrogens with zero attached hydrogens (tertiary/aromatic N) is 2. The fourth-order valence-electron chi connectivity index (χ4n) is 5.13. The van der Waals surface area contributed by atoms with Crippen LogP contribution in [0.15, 0.2) is 4.52 Å². The number of methoxy groups -OCH3 is 1. The molecule has 3 aliphatic rings. The Morgan fingerprint density at radius 2 is 2.00 bits per heavy atom. The Labute approximate surface area is 156 Å². The van der Waals surface area contributed by atoms with Gasteiger partial charge in [0.25, 0.3) is 0 Å². The van der Waals surface area contributed by atoms with Crippen LogP contribution in [0.3, 0.4) is 0 Å². The van der Waals surface area contributed by atoms with Gasteiger partial charge in [0.05, 0.1) is 11.8 Å². The average Bonchev–Trinajstić information content (AvgIpc) is 3.10. The van der Waals surface area contributed by atoms with Gasteiger partial charge in [-0.15, -0.1) is 0 Å². The zero-order valence-electron chi connectivity index (χ0n) is 16.2. The molecule has 1 aromatic heterocycles. The SMILES string of the molecule is CO[C@@H]1CCC[C@H](C(=O)N2CCC(c3onc4c3C[C@@H](C)CC4)CC2)C1. The smallest absolute Gasteiger partial charge is 0.225 e. The van der Waals surface area contributed by atoms with E-state index in [2.05, 4.69) is 17.0 Å². The van der Waals surface area contributed by atoms with Crippen LogP contribution in [-0.2, 0) is 22.4 Å². The van der Waals surface area contributed by atoms with Crippen LogP contribution in [0.4, 0.5) is 0 Å². The number of hydrogen-bond donors (Lipinski definition) is 0. The third kappa shape index (κ3) is 3.55. The van der Waals surface area contributed by atoms with Crippen molar-refractivity contribution in [3.8, 4) is 0 Å². The van der Waals surface area contributed by atoms with Gasteiger partial charge in [-0.05, 0) is 57.3 Å². The van der Waals surface area contributed by atoms with Crippen molar-refractivity contribution in [1.82, 2.24) is 10.1 Å². The minimum absolute atomic E-state index is 0.157. The number of amides is 1. The molecule has 3 atom stereocenters. The molecule has 5 heteroatoms. The summed E-state index contributed by atoms with van der Waals surface area (Å²) >= 11 is 0. The Balaban J connectivity index is 1.36. The van der Waals surface area contributed by atoms with E-state index >= 15 is 0 Å². The molecular weight excluding hydrogens is 328 g/mol. The molecule has 0 aromatic carbocycles. The molecule has 0 bridgehead atoms. The van der Waals surface area contributed by atoms with E-state index < -0.39 is 0 Å². The maximum atomic E-state index is 12.9. The Hall–Kier alpha value is -1.36. The summed E-state index contributed by atoms with van der Waals surface area (Å²) in [5.74, 6) is 2.78. The van der Waals surface area contributed by atoms with Gasteiger partial charge in [0.2, 0.25) is 5.91 Å². The monoisotopic (exact) mass is 360 g/mol. The van der Waals surface area contributed by atoms with Gasteiger partial charge < -0.3 is 14.2 Å². The lowest BCUT2D eigenvalue weighted by Gasteiger charge is -2.36. The molecule has 5 nitrogen and oxygen atoms in total. The van der Waals surface area contributed by atoms with Crippen molar-refractivity contribution in [3.05, 3.63) is 17.0 Å². The highest BCUT2D eigenvalue weighted by Crippen LogP contribution is 2.37. The second-order valence-electron chi connectivity index (χ2n) is 8.64. The highest BCUT2D eigenvalue weighted by molar-refractivity contribution is 5.79. The zero-order valence-corrected chi connectivity index (χ0v) is 16.2. The summed E-state index contributed by atoms with van der Waals surface area (Å²) in [6.07, 6.45) is 9.76. The number of piperidine rings is 1. The number of hydrogen-bond acceptors (Lipinski definition) is 4. The largest absolute Gasteiger partial charge is 0.381 e. The van der Waals surface area contributed by atoms with E-state index in [-0.39, 0.29) is 12.0 Å². The predicted molar refractivity (Wildman–Crippen MR) is 99.0 cm³/mol. The number of rotatable bonds is 3. The predicted octanol–water partition coefficient (Wildman–Crippen LogP) is 3.71. The van der Waals surface area contributed by atoms with Gasteiger partial charge in [0.1, 0.15) is 5.76 Å². The molecule has 4 rings (SSSR count). The van der Waals surface area contributed by atoms with Crippen LogP contribution >= 0.6 is 0 Å². The number of carbonyl (C=O) groups is 1. The number of aryl methyl sites for hydroxylation is 1. The van der Waals surface area contributed by atoms with Crippen molar-refractivity contribution in [2.45, 2.75) is 76.7 Å². The summed E-state index contributed by atoms with van der Waals surface area (Å²) < 4.78 is 11.3. The summed E-state index contributed by atoms with van der Waals surface area (Å²) in [5.41, 5.74) is 2.56. The van der Waals surface area contributed by atoms with E-state index in [0.29, 0.717) is 11.8 Å². The van der Waals surface area contributed by atoms with Crippen molar-refractivity contribution in [3.63, 3.8) is 0 Å². The van der Waals surface area contributed by atoms with Crippen molar-refractivity contribution in [2.24, 2.45) is 11.8 Å². The van der Waals surface area contributed by atoms with E-state index in [1.807, 2.05) is 0 Å². The lowest BCUT2D eigenvalue weighted by molar-refractivity contribution is -0.139. The maximum absolute atomic E-state index is 12.9. The number of fused-ring (bicyclic) bond motifs is 1. The number of carbonyl (C=O) groups excluding carboxylic acids is 1. The highest BCUT2D eigenvalue weighted by atomic mass is 16.5. The standard InChI is InChI=1S/C21H32N2O3/c1-14-6-7-19-18(12-14)20(26-22-19)15-8-10-23(11-9-15)21(24)16-4-3-5-17(13-16)25-2/h14-17H,3-13H2,1-2H3/t14-,16-,17+/m0/s1. The van der Waals surface area contributed by atoms with Crippen LogP contribution in [0.1, 0.15) is 74.8 Å². The van der Waals surface area contributed by atoms with Gasteiger partial charge in [0, 0.05) is 37.6 Å². The number of ether oxygens (including phenoxy) is 1. The third-order valence-corrected chi connectivity index (χ3v) is 6.81. The van der Waals surface area contributed by atoms with E-state index in [1.54, 1.807) is 7.11 Å². The topological polar surface area (TPSA) is 55.6 Å². The minimum Gasteiger partial charge on any atom is -0.381 e. The van der Waals surface area contributed by atoms with Crippen LogP contribution in [0.25, 0.3) is 0 Å². The first-order chi connectivity index (χ1) is 12.7. The van der Waals surface area contributed by atoms with Crippen LogP contribution in [0, 0.1) is 11.8 Å². The number of likely N-dealkylation sites (tertiary alicyclic amines) is 1. The summed E-state index contributed by atoms with van der Waals surface area (Å²) in [5, 5.41) is 4.34. The Bertz CT molecular complexity index is 633. The van der Waals surface area contributed by atoms with Crippen LogP contribution in [-0.4, -0.2) is 42.3 Å². The Morgan fingerprint density at radius 3 is 2.77 bits per heavy atom. The van der Waals surface area contributed by atoms with E-state index in [1.165, 1.54) is 17.7 Å². The normalized spacial score (nSPS) is 30.2. The minimum atomic E-state index is 0.157. The van der Waals surface area contributed by atoms with Gasteiger partial charge >= 0.3 is 0 Å². The molecule has 0 radical (unpaired) electrons. The fraction of sp³-hybridized carbons (Fsp3) is 0.810. The first kappa shape index (κ1) is 18.0. The molecule has 144 valence electrons. The molecule has 2 heterocycles. The van der Waals surface area contributed by atoms with Crippen LogP contribution in [0.5, 0.6) is 0 Å². The second-order valence-corrected chi connectivity index (χ2v) is 8.64. The molecule has 2 fully saturated rings. The maximum Gasteiger partial charge on any atom is 0.225 e. The van der Waals surface area contributed by atoms with Crippen LogP contribution in [0.2, 0.25) is 0 Å². The molecule has 0 N–H and O–H groups in total. The van der Waals surface area contributed by atoms with Gasteiger partial charge in [-0.3, -0.25) is 4.79 Å². The quantitative estimate of drug-likeness (QED) is 0.824. The molecule has 0 spiro atoms. The Morgan fingerprint density at radius 1 is 1.19 bits per heavy atom. The number of aromatic nitrogens is 1. The van der Waals surface area contributed by atoms with Crippen LogP contribution < -0.4 is 0 Å². The summed E-state index contributed by atoms with van der Waals surface area (Å²) in [7, 11) is 1.77. The van der Waals surface area contributed by atoms with Gasteiger partial charge in [-0.2, -0.15) is 0 Å². The lowest BCUT2D eigenvalue weighted by atomic mass is 9.82. The van der Waals surface area contributed by atoms with Crippen molar-refractivity contribution < 1.29 is 14.1 Å². The molecule has 26 heavy (non-hydrogen) atoms. The second kappa shape index (κ2) is 7.71. The summed E-state index contributed by atoms with van der Waals surface area (Å²) in [6, 6.07) is 0. The third-order valence-electron chi connectivity index (χ3n) is 6.81. The first-order valence-corrected chi connectivity index (χ1v) is 10.4. The van der Waals surface area contributed by atoms with Gasteiger partial charge in [-0.1, -0.05) is 18.5 Å². The van der Waals surface area contributed by atoms with Gasteiger partial charge in [0.15, 0.2) is 0 Å². The lowest BCUT2D eigenvalue weighted by Crippen LogP contribution is -2.43. The molecule has 1 saturated heterocycles. The van der Waals surface area contributed by atoms with Crippen molar-refractivity contribution in [1.29, 1.82) is 0 Å². The van der Waals surface area contributed by atoms with E-state index in [0.717, 1.165) is 76.1 Å². The van der Waals surface area contributed by atoms with Gasteiger partial charge in [-0.25, -0.2) is 0 Å².